The lowest BCUT2D eigenvalue weighted by molar-refractivity contribution is 0.477. The molecule has 1 saturated heterocycles. The molecule has 0 aliphatic carbocycles. The van der Waals surface area contributed by atoms with Crippen molar-refractivity contribution in [2.24, 2.45) is 0 Å². The zero-order chi connectivity index (χ0) is 26.3. The lowest BCUT2D eigenvalue weighted by atomic mass is 10.0. The molecule has 3 aromatic heterocycles. The summed E-state index contributed by atoms with van der Waals surface area (Å²) in [5.74, 6) is 0. The van der Waals surface area contributed by atoms with Gasteiger partial charge in [-0.05, 0) is 60.4 Å². The summed E-state index contributed by atoms with van der Waals surface area (Å²) >= 11 is 0. The molecule has 10 nitrogen and oxygen atoms in total. The Labute approximate surface area is 220 Å². The maximum Gasteiger partial charge on any atom is 0.269 e. The number of hydrogen-bond acceptors (Lipinski definition) is 7. The highest BCUT2D eigenvalue weighted by molar-refractivity contribution is 7.90. The van der Waals surface area contributed by atoms with Crippen LogP contribution >= 0.6 is 0 Å². The van der Waals surface area contributed by atoms with Crippen LogP contribution in [0, 0.1) is 0 Å². The van der Waals surface area contributed by atoms with Crippen molar-refractivity contribution >= 4 is 31.1 Å². The molecule has 5 aromatic rings. The van der Waals surface area contributed by atoms with Gasteiger partial charge in [-0.15, -0.1) is 5.10 Å². The van der Waals surface area contributed by atoms with Gasteiger partial charge in [-0.25, -0.2) is 25.8 Å². The van der Waals surface area contributed by atoms with Gasteiger partial charge in [0.2, 0.25) is 10.0 Å². The summed E-state index contributed by atoms with van der Waals surface area (Å²) in [6.07, 6.45) is 5.12. The first kappa shape index (κ1) is 24.5. The minimum Gasteiger partial charge on any atom is -0.265 e. The highest BCUT2D eigenvalue weighted by Crippen LogP contribution is 2.34. The van der Waals surface area contributed by atoms with E-state index < -0.39 is 20.0 Å². The zero-order valence-corrected chi connectivity index (χ0v) is 21.9. The highest BCUT2D eigenvalue weighted by Gasteiger charge is 2.28. The summed E-state index contributed by atoms with van der Waals surface area (Å²) in [5.41, 5.74) is 2.82. The van der Waals surface area contributed by atoms with Crippen molar-refractivity contribution in [3.05, 3.63) is 90.5 Å². The molecule has 0 unspecified atom stereocenters. The van der Waals surface area contributed by atoms with E-state index >= 15 is 0 Å². The normalized spacial score (nSPS) is 14.8. The first-order valence-electron chi connectivity index (χ1n) is 12.1. The molecule has 0 radical (unpaired) electrons. The first-order valence-corrected chi connectivity index (χ1v) is 15.0. The van der Waals surface area contributed by atoms with Gasteiger partial charge in [0.25, 0.3) is 10.0 Å². The molecule has 38 heavy (non-hydrogen) atoms. The third kappa shape index (κ3) is 4.20. The summed E-state index contributed by atoms with van der Waals surface area (Å²) in [7, 11) is -7.52. The van der Waals surface area contributed by atoms with Crippen LogP contribution in [0.2, 0.25) is 0 Å². The molecule has 4 heterocycles. The van der Waals surface area contributed by atoms with E-state index in [2.05, 4.69) is 20.4 Å². The molecule has 0 spiro atoms. The second-order valence-corrected chi connectivity index (χ2v) is 12.8. The van der Waals surface area contributed by atoms with Crippen molar-refractivity contribution < 1.29 is 16.8 Å². The van der Waals surface area contributed by atoms with Gasteiger partial charge >= 0.3 is 0 Å². The van der Waals surface area contributed by atoms with Gasteiger partial charge in [-0.1, -0.05) is 35.5 Å². The Balaban J connectivity index is 1.49. The Morgan fingerprint density at radius 3 is 2.24 bits per heavy atom. The van der Waals surface area contributed by atoms with Gasteiger partial charge in [-0.2, -0.15) is 4.31 Å². The number of fused-ring (bicyclic) bond motifs is 1. The quantitative estimate of drug-likeness (QED) is 0.330. The third-order valence-corrected chi connectivity index (χ3v) is 10.4. The molecule has 6 rings (SSSR count). The number of rotatable bonds is 7. The van der Waals surface area contributed by atoms with E-state index in [1.165, 1.54) is 8.28 Å². The largest absolute Gasteiger partial charge is 0.269 e. The lowest BCUT2D eigenvalue weighted by Gasteiger charge is -2.15. The molecule has 1 N–H and O–H groups in total. The highest BCUT2D eigenvalue weighted by atomic mass is 32.2. The van der Waals surface area contributed by atoms with Gasteiger partial charge in [0.1, 0.15) is 0 Å². The molecule has 12 heteroatoms. The maximum atomic E-state index is 13.8. The Morgan fingerprint density at radius 1 is 0.842 bits per heavy atom. The molecular weight excluding hydrogens is 524 g/mol. The second kappa shape index (κ2) is 9.46. The van der Waals surface area contributed by atoms with E-state index in [-0.39, 0.29) is 21.9 Å². The number of aromatic nitrogens is 5. The molecule has 2 aromatic carbocycles. The zero-order valence-electron chi connectivity index (χ0n) is 20.2. The topological polar surface area (TPSA) is 131 Å². The molecule has 194 valence electrons. The Hall–Kier alpha value is -3.87. The average Bonchev–Trinajstić information content (AvgIpc) is 3.71. The van der Waals surface area contributed by atoms with Crippen LogP contribution in [-0.4, -0.2) is 58.6 Å². The standard InChI is InChI=1S/C26H24N6O4S2/c33-37(34,31-14-4-5-15-31)23-10-8-19(9-11-23)24-12-13-27-26-25(24)17-21(16-20-18-28-30-29-20)32(26)38(35,36)22-6-2-1-3-7-22/h1-3,6-13,17-18H,4-5,14-16H2,(H,28,29,30). The van der Waals surface area contributed by atoms with E-state index in [0.29, 0.717) is 29.9 Å². The number of nitrogens with zero attached hydrogens (tertiary/aromatic N) is 5. The van der Waals surface area contributed by atoms with Crippen LogP contribution in [0.25, 0.3) is 22.2 Å². The van der Waals surface area contributed by atoms with Crippen LogP contribution in [-0.2, 0) is 26.5 Å². The minimum atomic E-state index is -3.98. The van der Waals surface area contributed by atoms with Crippen LogP contribution in [0.5, 0.6) is 0 Å². The SMILES string of the molecule is O=S(=O)(c1ccc(-c2ccnc3c2cc(Cc2c[nH]nn2)n3S(=O)(=O)c2ccccc2)cc1)N1CCCC1. The average molecular weight is 549 g/mol. The predicted molar refractivity (Wildman–Crippen MR) is 141 cm³/mol. The monoisotopic (exact) mass is 548 g/mol. The summed E-state index contributed by atoms with van der Waals surface area (Å²) < 4.78 is 56.3. The minimum absolute atomic E-state index is 0.141. The number of pyridine rings is 1. The lowest BCUT2D eigenvalue weighted by Crippen LogP contribution is -2.27. The Bertz CT molecular complexity index is 1810. The second-order valence-electron chi connectivity index (χ2n) is 9.09. The summed E-state index contributed by atoms with van der Waals surface area (Å²) in [6.45, 7) is 1.07. The van der Waals surface area contributed by atoms with Crippen molar-refractivity contribution in [1.82, 2.24) is 28.7 Å². The fraction of sp³-hybridized carbons (Fsp3) is 0.192. The van der Waals surface area contributed by atoms with Crippen LogP contribution in [0.15, 0.2) is 88.9 Å². The third-order valence-electron chi connectivity index (χ3n) is 6.71. The smallest absolute Gasteiger partial charge is 0.265 e. The van der Waals surface area contributed by atoms with E-state index in [9.17, 15) is 16.8 Å². The van der Waals surface area contributed by atoms with Crippen molar-refractivity contribution in [2.45, 2.75) is 29.1 Å². The van der Waals surface area contributed by atoms with Gasteiger partial charge < -0.3 is 0 Å². The van der Waals surface area contributed by atoms with Crippen LogP contribution in [0.3, 0.4) is 0 Å². The molecule has 0 bridgehead atoms. The number of hydrogen-bond donors (Lipinski definition) is 1. The molecule has 0 atom stereocenters. The van der Waals surface area contributed by atoms with E-state index in [4.69, 9.17) is 0 Å². The molecule has 1 fully saturated rings. The van der Waals surface area contributed by atoms with Crippen molar-refractivity contribution in [3.63, 3.8) is 0 Å². The fourth-order valence-corrected chi connectivity index (χ4v) is 7.88. The van der Waals surface area contributed by atoms with Crippen molar-refractivity contribution in [1.29, 1.82) is 0 Å². The van der Waals surface area contributed by atoms with Crippen molar-refractivity contribution in [2.75, 3.05) is 13.1 Å². The predicted octanol–water partition coefficient (Wildman–Crippen LogP) is 3.43. The van der Waals surface area contributed by atoms with E-state index in [0.717, 1.165) is 24.0 Å². The number of H-pyrrole nitrogens is 1. The summed E-state index contributed by atoms with van der Waals surface area (Å²) in [5, 5.41) is 11.1. The fourth-order valence-electron chi connectivity index (χ4n) is 4.85. The van der Waals surface area contributed by atoms with Crippen LogP contribution in [0.1, 0.15) is 24.2 Å². The summed E-state index contributed by atoms with van der Waals surface area (Å²) in [6, 6.07) is 18.5. The van der Waals surface area contributed by atoms with Crippen LogP contribution in [0.4, 0.5) is 0 Å². The van der Waals surface area contributed by atoms with E-state index in [1.54, 1.807) is 79.1 Å². The number of aromatic amines is 1. The molecule has 0 amide bonds. The van der Waals surface area contributed by atoms with Gasteiger partial charge in [-0.3, -0.25) is 5.10 Å². The van der Waals surface area contributed by atoms with Gasteiger partial charge in [0.15, 0.2) is 5.65 Å². The van der Waals surface area contributed by atoms with Crippen LogP contribution < -0.4 is 0 Å². The first-order chi connectivity index (χ1) is 18.4. The molecule has 0 saturated carbocycles. The molecule has 1 aliphatic heterocycles. The maximum absolute atomic E-state index is 13.8. The number of benzene rings is 2. The molecule has 1 aliphatic rings. The number of nitrogens with one attached hydrogen (secondary N) is 1. The van der Waals surface area contributed by atoms with E-state index in [1.807, 2.05) is 0 Å². The van der Waals surface area contributed by atoms with Gasteiger partial charge in [0.05, 0.1) is 15.5 Å². The molecular formula is C26H24N6O4S2. The van der Waals surface area contributed by atoms with Crippen molar-refractivity contribution in [3.8, 4) is 11.1 Å². The Kier molecular flexibility index (Phi) is 6.09. The van der Waals surface area contributed by atoms with Gasteiger partial charge in [0, 0.05) is 43.0 Å². The summed E-state index contributed by atoms with van der Waals surface area (Å²) in [4.78, 5) is 4.84. The Morgan fingerprint density at radius 2 is 1.55 bits per heavy atom. The number of sulfonamides is 1.